The summed E-state index contributed by atoms with van der Waals surface area (Å²) < 4.78 is 4.34. The molecule has 0 radical (unpaired) electrons. The number of hydrogen-bond donors (Lipinski definition) is 2. The Labute approximate surface area is 74.1 Å². The van der Waals surface area contributed by atoms with Crippen molar-refractivity contribution < 1.29 is 14.3 Å². The molecule has 0 aliphatic rings. The van der Waals surface area contributed by atoms with Gasteiger partial charge in [-0.3, -0.25) is 15.0 Å². The predicted molar refractivity (Wildman–Crippen MR) is 46.0 cm³/mol. The van der Waals surface area contributed by atoms with Crippen LogP contribution in [0.15, 0.2) is 0 Å². The third kappa shape index (κ3) is 3.38. The fourth-order valence-corrected chi connectivity index (χ4v) is 1.14. The summed E-state index contributed by atoms with van der Waals surface area (Å²) in [5.41, 5.74) is 5.01. The van der Waals surface area contributed by atoms with Crippen LogP contribution in [-0.2, 0) is 14.3 Å². The Morgan fingerprint density at radius 3 is 2.33 bits per heavy atom. The summed E-state index contributed by atoms with van der Waals surface area (Å²) in [6.45, 7) is 1.25. The van der Waals surface area contributed by atoms with Gasteiger partial charge in [0.25, 0.3) is 0 Å². The number of nitrogens with two attached hydrogens (primary N) is 1. The third-order valence-corrected chi connectivity index (χ3v) is 2.04. The zero-order chi connectivity index (χ0) is 9.72. The average Bonchev–Trinajstić information content (AvgIpc) is 1.98. The largest absolute Gasteiger partial charge is 0.468 e. The van der Waals surface area contributed by atoms with Crippen molar-refractivity contribution in [2.75, 3.05) is 7.11 Å². The lowest BCUT2D eigenvalue weighted by Gasteiger charge is -2.08. The van der Waals surface area contributed by atoms with Crippen LogP contribution in [-0.4, -0.2) is 29.3 Å². The lowest BCUT2D eigenvalue weighted by atomic mass is 10.3. The summed E-state index contributed by atoms with van der Waals surface area (Å²) in [7, 11) is 1.18. The number of methoxy groups -OCH3 is 1. The minimum absolute atomic E-state index is 0.277. The molecule has 6 heteroatoms. The normalized spacial score (nSPS) is 11.8. The maximum atomic E-state index is 10.9. The number of carbonyl (C=O) groups is 2. The van der Waals surface area contributed by atoms with Crippen LogP contribution in [0.25, 0.3) is 0 Å². The average molecular weight is 190 g/mol. The van der Waals surface area contributed by atoms with Gasteiger partial charge in [0.05, 0.1) is 7.11 Å². The van der Waals surface area contributed by atoms with Crippen LogP contribution in [0.5, 0.6) is 0 Å². The van der Waals surface area contributed by atoms with E-state index in [9.17, 15) is 9.59 Å². The summed E-state index contributed by atoms with van der Waals surface area (Å²) in [4.78, 5) is 21.7. The van der Waals surface area contributed by atoms with E-state index in [1.807, 2.05) is 0 Å². The number of esters is 1. The number of thioether (sulfide) groups is 1. The fraction of sp³-hybridized carbons (Fsp3) is 0.500. The Balaban J connectivity index is 4.33. The molecular formula is C6H10N2O3S. The van der Waals surface area contributed by atoms with Crippen LogP contribution in [0.3, 0.4) is 0 Å². The minimum atomic E-state index is -1.01. The van der Waals surface area contributed by atoms with Gasteiger partial charge < -0.3 is 10.5 Å². The van der Waals surface area contributed by atoms with E-state index < -0.39 is 11.2 Å². The quantitative estimate of drug-likeness (QED) is 0.277. The first-order valence-electron chi connectivity index (χ1n) is 3.08. The first-order valence-corrected chi connectivity index (χ1v) is 3.96. The van der Waals surface area contributed by atoms with Crippen LogP contribution >= 0.6 is 11.8 Å². The van der Waals surface area contributed by atoms with E-state index in [1.54, 1.807) is 0 Å². The number of Topliss-reactive ketones (excluding diaryl/α,β-unsaturated/α-hetero) is 1. The molecule has 5 nitrogen and oxygen atoms in total. The number of hydrogen-bond acceptors (Lipinski definition) is 5. The highest BCUT2D eigenvalue weighted by Gasteiger charge is 2.25. The minimum Gasteiger partial charge on any atom is -0.468 e. The summed E-state index contributed by atoms with van der Waals surface area (Å²) in [5, 5.41) is 5.58. The van der Waals surface area contributed by atoms with E-state index in [1.165, 1.54) is 14.0 Å². The van der Waals surface area contributed by atoms with E-state index in [0.717, 1.165) is 0 Å². The molecular weight excluding hydrogens is 180 g/mol. The van der Waals surface area contributed by atoms with E-state index in [4.69, 9.17) is 11.1 Å². The lowest BCUT2D eigenvalue weighted by molar-refractivity contribution is -0.142. The zero-order valence-electron chi connectivity index (χ0n) is 6.79. The van der Waals surface area contributed by atoms with Gasteiger partial charge in [-0.25, -0.2) is 0 Å². The van der Waals surface area contributed by atoms with Crippen molar-refractivity contribution in [3.05, 3.63) is 0 Å². The Kier molecular flexibility index (Phi) is 4.35. The second-order valence-corrected chi connectivity index (χ2v) is 3.14. The Morgan fingerprint density at radius 2 is 2.08 bits per heavy atom. The molecule has 68 valence electrons. The Bertz CT molecular complexity index is 217. The molecule has 1 atom stereocenters. The molecule has 0 rings (SSSR count). The first kappa shape index (κ1) is 11.0. The molecule has 0 fully saturated rings. The third-order valence-electron chi connectivity index (χ3n) is 1.03. The number of amidine groups is 1. The van der Waals surface area contributed by atoms with E-state index in [2.05, 4.69) is 4.74 Å². The second kappa shape index (κ2) is 4.76. The van der Waals surface area contributed by atoms with Crippen molar-refractivity contribution in [2.45, 2.75) is 12.2 Å². The molecule has 0 aliphatic carbocycles. The molecule has 0 aromatic heterocycles. The highest BCUT2D eigenvalue weighted by Crippen LogP contribution is 2.12. The number of ether oxygens (including phenoxy) is 1. The lowest BCUT2D eigenvalue weighted by Crippen LogP contribution is -2.29. The molecule has 12 heavy (non-hydrogen) atoms. The van der Waals surface area contributed by atoms with Crippen molar-refractivity contribution in [1.82, 2.24) is 0 Å². The number of ketones is 1. The number of carbonyl (C=O) groups excluding carboxylic acids is 2. The predicted octanol–water partition coefficient (Wildman–Crippen LogP) is -0.256. The van der Waals surface area contributed by atoms with E-state index in [0.29, 0.717) is 11.8 Å². The topological polar surface area (TPSA) is 93.2 Å². The summed E-state index contributed by atoms with van der Waals surface area (Å²) >= 11 is 0.677. The number of nitrogens with one attached hydrogen (secondary N) is 1. The van der Waals surface area contributed by atoms with Crippen LogP contribution in [0.4, 0.5) is 0 Å². The molecule has 0 unspecified atom stereocenters. The standard InChI is InChI=1S/C6H10N2O3S/c1-3(9)4(5(10)11-2)12-6(7)8/h4H,1-2H3,(H3,7,8)/t4-/m1/s1. The molecule has 0 aromatic carbocycles. The van der Waals surface area contributed by atoms with Crippen molar-refractivity contribution in [3.63, 3.8) is 0 Å². The molecule has 0 saturated heterocycles. The van der Waals surface area contributed by atoms with Gasteiger partial charge in [0.2, 0.25) is 0 Å². The van der Waals surface area contributed by atoms with Gasteiger partial charge in [-0.2, -0.15) is 0 Å². The van der Waals surface area contributed by atoms with E-state index in [-0.39, 0.29) is 11.0 Å². The Hall–Kier alpha value is -1.04. The fourth-order valence-electron chi connectivity index (χ4n) is 0.531. The van der Waals surface area contributed by atoms with Gasteiger partial charge in [-0.15, -0.1) is 0 Å². The van der Waals surface area contributed by atoms with Crippen LogP contribution < -0.4 is 5.73 Å². The van der Waals surface area contributed by atoms with Crippen molar-refractivity contribution in [3.8, 4) is 0 Å². The molecule has 0 heterocycles. The van der Waals surface area contributed by atoms with Gasteiger partial charge in [-0.05, 0) is 6.92 Å². The number of rotatable bonds is 3. The van der Waals surface area contributed by atoms with Crippen LogP contribution in [0.2, 0.25) is 0 Å². The van der Waals surface area contributed by atoms with Crippen molar-refractivity contribution in [1.29, 1.82) is 5.41 Å². The zero-order valence-corrected chi connectivity index (χ0v) is 7.60. The summed E-state index contributed by atoms with van der Waals surface area (Å²) in [6.07, 6.45) is 0. The maximum Gasteiger partial charge on any atom is 0.326 e. The van der Waals surface area contributed by atoms with Crippen LogP contribution in [0, 0.1) is 5.41 Å². The SMILES string of the molecule is COC(=O)[C@H](SC(=N)N)C(C)=O. The molecule has 0 bridgehead atoms. The van der Waals surface area contributed by atoms with Crippen molar-refractivity contribution in [2.24, 2.45) is 5.73 Å². The van der Waals surface area contributed by atoms with E-state index >= 15 is 0 Å². The molecule has 0 aromatic rings. The van der Waals surface area contributed by atoms with Gasteiger partial charge in [0.1, 0.15) is 0 Å². The smallest absolute Gasteiger partial charge is 0.326 e. The highest BCUT2D eigenvalue weighted by molar-refractivity contribution is 8.15. The van der Waals surface area contributed by atoms with Crippen molar-refractivity contribution >= 4 is 28.7 Å². The monoisotopic (exact) mass is 190 g/mol. The Morgan fingerprint density at radius 1 is 1.58 bits per heavy atom. The van der Waals surface area contributed by atoms with Gasteiger partial charge in [-0.1, -0.05) is 11.8 Å². The summed E-state index contributed by atoms with van der Waals surface area (Å²) in [6, 6.07) is 0. The van der Waals surface area contributed by atoms with Gasteiger partial charge in [0, 0.05) is 0 Å². The van der Waals surface area contributed by atoms with Gasteiger partial charge in [0.15, 0.2) is 16.2 Å². The molecule has 3 N–H and O–H groups in total. The molecule has 0 amide bonds. The first-order chi connectivity index (χ1) is 5.49. The van der Waals surface area contributed by atoms with Crippen LogP contribution in [0.1, 0.15) is 6.92 Å². The van der Waals surface area contributed by atoms with Gasteiger partial charge >= 0.3 is 5.97 Å². The molecule has 0 aliphatic heterocycles. The molecule has 0 saturated carbocycles. The second-order valence-electron chi connectivity index (χ2n) is 2.00. The molecule has 0 spiro atoms. The highest BCUT2D eigenvalue weighted by atomic mass is 32.2. The summed E-state index contributed by atoms with van der Waals surface area (Å²) in [5.74, 6) is -1.05. The maximum absolute atomic E-state index is 10.9.